The summed E-state index contributed by atoms with van der Waals surface area (Å²) in [6.45, 7) is 4.74. The lowest BCUT2D eigenvalue weighted by Crippen LogP contribution is -2.19. The number of benzene rings is 1. The van der Waals surface area contributed by atoms with Crippen LogP contribution in [-0.4, -0.2) is 25.2 Å². The van der Waals surface area contributed by atoms with Gasteiger partial charge in [-0.2, -0.15) is 0 Å². The fourth-order valence-electron chi connectivity index (χ4n) is 1.87. The van der Waals surface area contributed by atoms with Crippen molar-refractivity contribution in [3.63, 3.8) is 0 Å². The number of thiazole rings is 1. The van der Waals surface area contributed by atoms with Crippen molar-refractivity contribution >= 4 is 27.3 Å². The maximum absolute atomic E-state index is 5.95. The molecule has 0 saturated heterocycles. The second-order valence-electron chi connectivity index (χ2n) is 4.54. The van der Waals surface area contributed by atoms with Gasteiger partial charge in [0.2, 0.25) is 0 Å². The molecule has 0 amide bonds. The minimum Gasteiger partial charge on any atom is -0.486 e. The molecule has 0 atom stereocenters. The summed E-state index contributed by atoms with van der Waals surface area (Å²) in [5.74, 6) is 0.869. The summed E-state index contributed by atoms with van der Waals surface area (Å²) in [4.78, 5) is 4.42. The number of hydrogen-bond donors (Lipinski definition) is 1. The van der Waals surface area contributed by atoms with Gasteiger partial charge in [-0.1, -0.05) is 12.1 Å². The van der Waals surface area contributed by atoms with Crippen LogP contribution in [0.25, 0.3) is 0 Å². The monoisotopic (exact) mass is 370 g/mol. The van der Waals surface area contributed by atoms with Crippen molar-refractivity contribution in [1.29, 1.82) is 0 Å². The normalized spacial score (nSPS) is 10.8. The van der Waals surface area contributed by atoms with Crippen LogP contribution in [-0.2, 0) is 17.9 Å². The molecule has 2 aromatic rings. The molecule has 114 valence electrons. The van der Waals surface area contributed by atoms with E-state index in [4.69, 9.17) is 9.47 Å². The molecule has 6 heteroatoms. The fourth-order valence-corrected chi connectivity index (χ4v) is 2.99. The first-order valence-corrected chi connectivity index (χ1v) is 8.39. The van der Waals surface area contributed by atoms with Gasteiger partial charge in [0, 0.05) is 31.1 Å². The molecule has 0 bridgehead atoms. The molecule has 1 aromatic heterocycles. The maximum Gasteiger partial charge on any atom is 0.138 e. The van der Waals surface area contributed by atoms with Gasteiger partial charge >= 0.3 is 0 Å². The number of para-hydroxylation sites is 1. The van der Waals surface area contributed by atoms with Crippen LogP contribution in [0.4, 0.5) is 0 Å². The minimum absolute atomic E-state index is 0.484. The Morgan fingerprint density at radius 1 is 1.38 bits per heavy atom. The van der Waals surface area contributed by atoms with Crippen molar-refractivity contribution in [2.24, 2.45) is 0 Å². The van der Waals surface area contributed by atoms with Crippen molar-refractivity contribution in [3.8, 4) is 5.75 Å². The predicted molar refractivity (Wildman–Crippen MR) is 88.9 cm³/mol. The van der Waals surface area contributed by atoms with Crippen LogP contribution in [0.3, 0.4) is 0 Å². The second-order valence-corrected chi connectivity index (χ2v) is 6.46. The summed E-state index contributed by atoms with van der Waals surface area (Å²) in [5, 5.41) is 6.42. The van der Waals surface area contributed by atoms with Gasteiger partial charge in [0.15, 0.2) is 0 Å². The SMILES string of the molecule is COCCNCc1cccc(Br)c1OCc1csc(C)n1. The van der Waals surface area contributed by atoms with E-state index in [0.717, 1.165) is 39.6 Å². The van der Waals surface area contributed by atoms with E-state index in [-0.39, 0.29) is 0 Å². The number of methoxy groups -OCH3 is 1. The molecule has 0 aliphatic rings. The van der Waals surface area contributed by atoms with Gasteiger partial charge in [0.25, 0.3) is 0 Å². The number of nitrogens with zero attached hydrogens (tertiary/aromatic N) is 1. The molecular weight excluding hydrogens is 352 g/mol. The Morgan fingerprint density at radius 2 is 2.24 bits per heavy atom. The van der Waals surface area contributed by atoms with Crippen LogP contribution in [0.1, 0.15) is 16.3 Å². The van der Waals surface area contributed by atoms with Crippen molar-refractivity contribution in [2.75, 3.05) is 20.3 Å². The summed E-state index contributed by atoms with van der Waals surface area (Å²) in [7, 11) is 1.70. The standard InChI is InChI=1S/C15H19BrN2O2S/c1-11-18-13(10-21-11)9-20-15-12(4-3-5-14(15)16)8-17-6-7-19-2/h3-5,10,17H,6-9H2,1-2H3. The number of aromatic nitrogens is 1. The second kappa shape index (κ2) is 8.48. The molecule has 0 unspecified atom stereocenters. The van der Waals surface area contributed by atoms with Crippen molar-refractivity contribution < 1.29 is 9.47 Å². The van der Waals surface area contributed by atoms with Crippen molar-refractivity contribution in [1.82, 2.24) is 10.3 Å². The lowest BCUT2D eigenvalue weighted by molar-refractivity contribution is 0.199. The third-order valence-corrected chi connectivity index (χ3v) is 4.32. The van der Waals surface area contributed by atoms with Crippen LogP contribution in [0.2, 0.25) is 0 Å². The van der Waals surface area contributed by atoms with Gasteiger partial charge < -0.3 is 14.8 Å². The average Bonchev–Trinajstić information content (AvgIpc) is 2.88. The highest BCUT2D eigenvalue weighted by atomic mass is 79.9. The van der Waals surface area contributed by atoms with Crippen molar-refractivity contribution in [3.05, 3.63) is 44.3 Å². The summed E-state index contributed by atoms with van der Waals surface area (Å²) in [6, 6.07) is 6.06. The lowest BCUT2D eigenvalue weighted by atomic mass is 10.2. The Balaban J connectivity index is 1.99. The molecule has 0 spiro atoms. The van der Waals surface area contributed by atoms with E-state index in [1.54, 1.807) is 18.4 Å². The Bertz CT molecular complexity index is 575. The van der Waals surface area contributed by atoms with Gasteiger partial charge in [0.1, 0.15) is 12.4 Å². The van der Waals surface area contributed by atoms with E-state index >= 15 is 0 Å². The molecule has 4 nitrogen and oxygen atoms in total. The molecule has 1 aromatic carbocycles. The topological polar surface area (TPSA) is 43.4 Å². The first kappa shape index (κ1) is 16.4. The number of rotatable bonds is 8. The highest BCUT2D eigenvalue weighted by Gasteiger charge is 2.09. The Morgan fingerprint density at radius 3 is 2.95 bits per heavy atom. The highest BCUT2D eigenvalue weighted by molar-refractivity contribution is 9.10. The first-order chi connectivity index (χ1) is 10.2. The molecule has 0 aliphatic heterocycles. The van der Waals surface area contributed by atoms with Gasteiger partial charge in [-0.25, -0.2) is 4.98 Å². The molecule has 0 saturated carbocycles. The number of ether oxygens (including phenoxy) is 2. The van der Waals surface area contributed by atoms with Gasteiger partial charge in [-0.15, -0.1) is 11.3 Å². The Kier molecular flexibility index (Phi) is 6.63. The van der Waals surface area contributed by atoms with Crippen LogP contribution in [0.5, 0.6) is 5.75 Å². The summed E-state index contributed by atoms with van der Waals surface area (Å²) < 4.78 is 11.9. The molecule has 21 heavy (non-hydrogen) atoms. The smallest absolute Gasteiger partial charge is 0.138 e. The number of hydrogen-bond acceptors (Lipinski definition) is 5. The van der Waals surface area contributed by atoms with Crippen molar-refractivity contribution in [2.45, 2.75) is 20.1 Å². The Labute approximate surface area is 137 Å². The predicted octanol–water partition coefficient (Wildman–Crippen LogP) is 3.53. The van der Waals surface area contributed by atoms with Crippen LogP contribution in [0.15, 0.2) is 28.1 Å². The molecule has 2 rings (SSSR count). The number of nitrogens with one attached hydrogen (secondary N) is 1. The zero-order valence-electron chi connectivity index (χ0n) is 12.2. The van der Waals surface area contributed by atoms with E-state index < -0.39 is 0 Å². The van der Waals surface area contributed by atoms with Gasteiger partial charge in [-0.3, -0.25) is 0 Å². The van der Waals surface area contributed by atoms with Crippen LogP contribution in [0, 0.1) is 6.92 Å². The summed E-state index contributed by atoms with van der Waals surface area (Å²) in [5.41, 5.74) is 2.08. The van der Waals surface area contributed by atoms with E-state index in [1.165, 1.54) is 0 Å². The third-order valence-electron chi connectivity index (χ3n) is 2.88. The lowest BCUT2D eigenvalue weighted by Gasteiger charge is -2.13. The fraction of sp³-hybridized carbons (Fsp3) is 0.400. The number of halogens is 1. The van der Waals surface area contributed by atoms with E-state index in [2.05, 4.69) is 32.3 Å². The molecule has 0 radical (unpaired) electrons. The van der Waals surface area contributed by atoms with E-state index in [9.17, 15) is 0 Å². The van der Waals surface area contributed by atoms with Crippen LogP contribution < -0.4 is 10.1 Å². The molecule has 1 heterocycles. The third kappa shape index (κ3) is 5.07. The minimum atomic E-state index is 0.484. The summed E-state index contributed by atoms with van der Waals surface area (Å²) in [6.07, 6.45) is 0. The van der Waals surface area contributed by atoms with Gasteiger partial charge in [-0.05, 0) is 28.9 Å². The molecule has 0 aliphatic carbocycles. The Hall–Kier alpha value is -0.950. The molecule has 1 N–H and O–H groups in total. The zero-order chi connectivity index (χ0) is 15.1. The molecule has 0 fully saturated rings. The highest BCUT2D eigenvalue weighted by Crippen LogP contribution is 2.30. The van der Waals surface area contributed by atoms with E-state index in [1.807, 2.05) is 24.4 Å². The van der Waals surface area contributed by atoms with E-state index in [0.29, 0.717) is 13.2 Å². The summed E-state index contributed by atoms with van der Waals surface area (Å²) >= 11 is 5.19. The zero-order valence-corrected chi connectivity index (χ0v) is 14.6. The quantitative estimate of drug-likeness (QED) is 0.721. The van der Waals surface area contributed by atoms with Gasteiger partial charge in [0.05, 0.1) is 21.8 Å². The average molecular weight is 371 g/mol. The largest absolute Gasteiger partial charge is 0.486 e. The van der Waals surface area contributed by atoms with Crippen LogP contribution >= 0.6 is 27.3 Å². The maximum atomic E-state index is 5.95. The number of aryl methyl sites for hydroxylation is 1. The first-order valence-electron chi connectivity index (χ1n) is 6.71. The molecular formula is C15H19BrN2O2S.